The maximum atomic E-state index is 14.0. The topological polar surface area (TPSA) is 44.7 Å². The Balaban J connectivity index is 2.13. The van der Waals surface area contributed by atoms with Gasteiger partial charge in [0.15, 0.2) is 0 Å². The number of halogens is 1. The van der Waals surface area contributed by atoms with Gasteiger partial charge in [0.25, 0.3) is 0 Å². The summed E-state index contributed by atoms with van der Waals surface area (Å²) >= 11 is 0. The van der Waals surface area contributed by atoms with E-state index in [0.29, 0.717) is 44.1 Å². The molecule has 0 spiro atoms. The van der Waals surface area contributed by atoms with E-state index in [0.717, 1.165) is 0 Å². The van der Waals surface area contributed by atoms with Crippen LogP contribution in [0.5, 0.6) is 0 Å². The van der Waals surface area contributed by atoms with E-state index < -0.39 is 6.10 Å². The molecule has 1 unspecified atom stereocenters. The van der Waals surface area contributed by atoms with Gasteiger partial charge in [-0.3, -0.25) is 0 Å². The Hall–Kier alpha value is -1.17. The second kappa shape index (κ2) is 6.13. The van der Waals surface area contributed by atoms with Crippen molar-refractivity contribution in [1.29, 1.82) is 0 Å². The molecule has 4 nitrogen and oxygen atoms in total. The third-order valence-corrected chi connectivity index (χ3v) is 3.11. The lowest BCUT2D eigenvalue weighted by Crippen LogP contribution is -2.36. The molecule has 0 aliphatic carbocycles. The molecule has 5 heteroatoms. The second-order valence-electron chi connectivity index (χ2n) is 4.38. The minimum Gasteiger partial charge on any atom is -0.387 e. The average Bonchev–Trinajstić information content (AvgIpc) is 2.40. The standard InChI is InChI=1S/C13H19FN2O2/c1-15-9-13(17)10-2-3-12(11(14)8-10)16-4-6-18-7-5-16/h2-3,8,13,15,17H,4-7,9H2,1H3. The summed E-state index contributed by atoms with van der Waals surface area (Å²) < 4.78 is 19.3. The molecule has 2 rings (SSSR count). The number of morpholine rings is 1. The smallest absolute Gasteiger partial charge is 0.146 e. The molecule has 2 N–H and O–H groups in total. The average molecular weight is 254 g/mol. The first-order valence-corrected chi connectivity index (χ1v) is 6.17. The lowest BCUT2D eigenvalue weighted by molar-refractivity contribution is 0.122. The number of hydrogen-bond acceptors (Lipinski definition) is 4. The molecule has 1 aromatic carbocycles. The van der Waals surface area contributed by atoms with Gasteiger partial charge in [-0.15, -0.1) is 0 Å². The van der Waals surface area contributed by atoms with Crippen molar-refractivity contribution in [2.45, 2.75) is 6.10 Å². The fourth-order valence-electron chi connectivity index (χ4n) is 2.10. The zero-order chi connectivity index (χ0) is 13.0. The summed E-state index contributed by atoms with van der Waals surface area (Å²) in [6.45, 7) is 3.08. The second-order valence-corrected chi connectivity index (χ2v) is 4.38. The van der Waals surface area contributed by atoms with Crippen LogP contribution in [0.15, 0.2) is 18.2 Å². The highest BCUT2D eigenvalue weighted by molar-refractivity contribution is 5.49. The van der Waals surface area contributed by atoms with E-state index in [1.54, 1.807) is 19.2 Å². The van der Waals surface area contributed by atoms with Crippen LogP contribution in [0.4, 0.5) is 10.1 Å². The van der Waals surface area contributed by atoms with Crippen molar-refractivity contribution in [3.63, 3.8) is 0 Å². The first-order valence-electron chi connectivity index (χ1n) is 6.17. The Morgan fingerprint density at radius 2 is 2.17 bits per heavy atom. The summed E-state index contributed by atoms with van der Waals surface area (Å²) in [7, 11) is 1.75. The molecule has 1 aliphatic heterocycles. The number of ether oxygens (including phenoxy) is 1. The first-order chi connectivity index (χ1) is 8.72. The number of aliphatic hydroxyl groups excluding tert-OH is 1. The molecule has 1 saturated heterocycles. The number of hydrogen-bond donors (Lipinski definition) is 2. The summed E-state index contributed by atoms with van der Waals surface area (Å²) in [5.41, 5.74) is 1.18. The van der Waals surface area contributed by atoms with Gasteiger partial charge in [-0.25, -0.2) is 4.39 Å². The SMILES string of the molecule is CNCC(O)c1ccc(N2CCOCC2)c(F)c1. The maximum Gasteiger partial charge on any atom is 0.146 e. The summed E-state index contributed by atoms with van der Waals surface area (Å²) in [6, 6.07) is 4.91. The van der Waals surface area contributed by atoms with Crippen molar-refractivity contribution in [3.8, 4) is 0 Å². The number of nitrogens with zero attached hydrogens (tertiary/aromatic N) is 1. The van der Waals surface area contributed by atoms with Crippen molar-refractivity contribution in [2.24, 2.45) is 0 Å². The molecule has 0 bridgehead atoms. The van der Waals surface area contributed by atoms with Crippen LogP contribution in [-0.4, -0.2) is 45.0 Å². The number of rotatable bonds is 4. The molecule has 1 fully saturated rings. The van der Waals surface area contributed by atoms with E-state index in [9.17, 15) is 9.50 Å². The molecule has 1 aliphatic rings. The Bertz CT molecular complexity index is 395. The van der Waals surface area contributed by atoms with Crippen molar-refractivity contribution in [1.82, 2.24) is 5.32 Å². The Morgan fingerprint density at radius 3 is 2.78 bits per heavy atom. The molecule has 1 heterocycles. The van der Waals surface area contributed by atoms with E-state index in [2.05, 4.69) is 5.32 Å². The van der Waals surface area contributed by atoms with Crippen LogP contribution in [0.3, 0.4) is 0 Å². The van der Waals surface area contributed by atoms with Crippen molar-refractivity contribution < 1.29 is 14.2 Å². The van der Waals surface area contributed by atoms with Crippen LogP contribution in [0, 0.1) is 5.82 Å². The Morgan fingerprint density at radius 1 is 1.44 bits per heavy atom. The van der Waals surface area contributed by atoms with E-state index in [1.807, 2.05) is 4.90 Å². The summed E-state index contributed by atoms with van der Waals surface area (Å²) in [5, 5.41) is 12.6. The van der Waals surface area contributed by atoms with E-state index in [4.69, 9.17) is 4.74 Å². The molecule has 0 amide bonds. The fraction of sp³-hybridized carbons (Fsp3) is 0.538. The maximum absolute atomic E-state index is 14.0. The van der Waals surface area contributed by atoms with Crippen LogP contribution in [0.2, 0.25) is 0 Å². The number of anilines is 1. The van der Waals surface area contributed by atoms with Crippen LogP contribution in [0.25, 0.3) is 0 Å². The quantitative estimate of drug-likeness (QED) is 0.838. The van der Waals surface area contributed by atoms with Gasteiger partial charge in [0.1, 0.15) is 5.82 Å². The molecule has 100 valence electrons. The van der Waals surface area contributed by atoms with Gasteiger partial charge < -0.3 is 20.1 Å². The number of benzene rings is 1. The zero-order valence-corrected chi connectivity index (χ0v) is 10.5. The number of likely N-dealkylation sites (N-methyl/N-ethyl adjacent to an activating group) is 1. The molecule has 0 radical (unpaired) electrons. The van der Waals surface area contributed by atoms with E-state index in [-0.39, 0.29) is 5.82 Å². The summed E-state index contributed by atoms with van der Waals surface area (Å²) in [5.74, 6) is -0.287. The minimum atomic E-state index is -0.678. The normalized spacial score (nSPS) is 17.8. The van der Waals surface area contributed by atoms with Gasteiger partial charge in [-0.2, -0.15) is 0 Å². The van der Waals surface area contributed by atoms with Gasteiger partial charge in [0, 0.05) is 19.6 Å². The summed E-state index contributed by atoms with van der Waals surface area (Å²) in [6.07, 6.45) is -0.678. The van der Waals surface area contributed by atoms with Gasteiger partial charge in [0.2, 0.25) is 0 Å². The Labute approximate surface area is 106 Å². The molecular formula is C13H19FN2O2. The van der Waals surface area contributed by atoms with Crippen molar-refractivity contribution in [2.75, 3.05) is 44.8 Å². The van der Waals surface area contributed by atoms with Crippen molar-refractivity contribution >= 4 is 5.69 Å². The monoisotopic (exact) mass is 254 g/mol. The van der Waals surface area contributed by atoms with Crippen LogP contribution < -0.4 is 10.2 Å². The van der Waals surface area contributed by atoms with Gasteiger partial charge >= 0.3 is 0 Å². The van der Waals surface area contributed by atoms with Crippen LogP contribution in [-0.2, 0) is 4.74 Å². The highest BCUT2D eigenvalue weighted by Gasteiger charge is 2.16. The number of nitrogens with one attached hydrogen (secondary N) is 1. The van der Waals surface area contributed by atoms with Crippen LogP contribution in [0.1, 0.15) is 11.7 Å². The number of aliphatic hydroxyl groups is 1. The highest BCUT2D eigenvalue weighted by Crippen LogP contribution is 2.24. The van der Waals surface area contributed by atoms with Crippen LogP contribution >= 0.6 is 0 Å². The lowest BCUT2D eigenvalue weighted by atomic mass is 10.1. The predicted molar refractivity (Wildman–Crippen MR) is 68.3 cm³/mol. The Kier molecular flexibility index (Phi) is 4.52. The van der Waals surface area contributed by atoms with E-state index in [1.165, 1.54) is 6.07 Å². The molecule has 1 aromatic rings. The van der Waals surface area contributed by atoms with E-state index >= 15 is 0 Å². The van der Waals surface area contributed by atoms with Gasteiger partial charge in [-0.1, -0.05) is 6.07 Å². The van der Waals surface area contributed by atoms with Gasteiger partial charge in [-0.05, 0) is 24.7 Å². The summed E-state index contributed by atoms with van der Waals surface area (Å²) in [4.78, 5) is 1.97. The molecule has 0 aromatic heterocycles. The molecular weight excluding hydrogens is 235 g/mol. The lowest BCUT2D eigenvalue weighted by Gasteiger charge is -2.29. The fourth-order valence-corrected chi connectivity index (χ4v) is 2.10. The zero-order valence-electron chi connectivity index (χ0n) is 10.5. The minimum absolute atomic E-state index is 0.287. The third-order valence-electron chi connectivity index (χ3n) is 3.11. The highest BCUT2D eigenvalue weighted by atomic mass is 19.1. The predicted octanol–water partition coefficient (Wildman–Crippen LogP) is 0.915. The molecule has 1 atom stereocenters. The van der Waals surface area contributed by atoms with Gasteiger partial charge in [0.05, 0.1) is 25.0 Å². The van der Waals surface area contributed by atoms with Crippen molar-refractivity contribution in [3.05, 3.63) is 29.6 Å². The largest absolute Gasteiger partial charge is 0.387 e. The third kappa shape index (κ3) is 2.98. The first kappa shape index (κ1) is 13.3. The molecule has 18 heavy (non-hydrogen) atoms. The molecule has 0 saturated carbocycles.